The Morgan fingerprint density at radius 1 is 1.39 bits per heavy atom. The van der Waals surface area contributed by atoms with Gasteiger partial charge in [-0.1, -0.05) is 12.1 Å². The fourth-order valence-corrected chi connectivity index (χ4v) is 1.49. The Hall–Kier alpha value is -2.08. The molecular weight excluding hydrogens is 236 g/mol. The van der Waals surface area contributed by atoms with E-state index in [1.54, 1.807) is 25.1 Å². The van der Waals surface area contributed by atoms with E-state index in [0.29, 0.717) is 18.7 Å². The minimum Gasteiger partial charge on any atom is -0.478 e. The zero-order valence-electron chi connectivity index (χ0n) is 10.3. The number of benzene rings is 1. The SMILES string of the molecule is COCCNC(=O)Nc1cccc(C)c1C(=O)O. The first-order valence-corrected chi connectivity index (χ1v) is 5.43. The first-order chi connectivity index (χ1) is 8.56. The lowest BCUT2D eigenvalue weighted by atomic mass is 10.1. The summed E-state index contributed by atoms with van der Waals surface area (Å²) < 4.78 is 4.79. The predicted molar refractivity (Wildman–Crippen MR) is 67.0 cm³/mol. The van der Waals surface area contributed by atoms with Crippen LogP contribution in [0.15, 0.2) is 18.2 Å². The molecular formula is C12H16N2O4. The minimum atomic E-state index is -1.07. The summed E-state index contributed by atoms with van der Waals surface area (Å²) in [6.07, 6.45) is 0. The fourth-order valence-electron chi connectivity index (χ4n) is 1.49. The van der Waals surface area contributed by atoms with Crippen LogP contribution in [0.3, 0.4) is 0 Å². The maximum absolute atomic E-state index is 11.5. The highest BCUT2D eigenvalue weighted by atomic mass is 16.5. The van der Waals surface area contributed by atoms with Crippen molar-refractivity contribution in [2.24, 2.45) is 0 Å². The molecule has 0 atom stereocenters. The van der Waals surface area contributed by atoms with Gasteiger partial charge in [-0.3, -0.25) is 0 Å². The molecule has 3 N–H and O–H groups in total. The van der Waals surface area contributed by atoms with Gasteiger partial charge in [0.15, 0.2) is 0 Å². The zero-order chi connectivity index (χ0) is 13.5. The fraction of sp³-hybridized carbons (Fsp3) is 0.333. The Labute approximate surface area is 105 Å². The molecule has 0 saturated heterocycles. The molecule has 1 rings (SSSR count). The number of carbonyl (C=O) groups excluding carboxylic acids is 1. The van der Waals surface area contributed by atoms with E-state index in [0.717, 1.165) is 0 Å². The van der Waals surface area contributed by atoms with Crippen LogP contribution >= 0.6 is 0 Å². The maximum atomic E-state index is 11.5. The monoisotopic (exact) mass is 252 g/mol. The van der Waals surface area contributed by atoms with Crippen LogP contribution < -0.4 is 10.6 Å². The first kappa shape index (κ1) is 14.0. The van der Waals surface area contributed by atoms with Crippen LogP contribution in [0.2, 0.25) is 0 Å². The van der Waals surface area contributed by atoms with Crippen molar-refractivity contribution < 1.29 is 19.4 Å². The number of hydrogen-bond acceptors (Lipinski definition) is 3. The quantitative estimate of drug-likeness (QED) is 0.692. The van der Waals surface area contributed by atoms with E-state index >= 15 is 0 Å². The summed E-state index contributed by atoms with van der Waals surface area (Å²) in [4.78, 5) is 22.6. The van der Waals surface area contributed by atoms with Crippen molar-refractivity contribution in [3.63, 3.8) is 0 Å². The largest absolute Gasteiger partial charge is 0.478 e. The number of rotatable bonds is 5. The Bertz CT molecular complexity index is 446. The number of anilines is 1. The highest BCUT2D eigenvalue weighted by Crippen LogP contribution is 2.19. The van der Waals surface area contributed by atoms with E-state index in [4.69, 9.17) is 9.84 Å². The summed E-state index contributed by atoms with van der Waals surface area (Å²) in [6.45, 7) is 2.43. The highest BCUT2D eigenvalue weighted by Gasteiger charge is 2.14. The van der Waals surface area contributed by atoms with Crippen LogP contribution in [0.4, 0.5) is 10.5 Å². The summed E-state index contributed by atoms with van der Waals surface area (Å²) in [5.41, 5.74) is 0.967. The average Bonchev–Trinajstić information content (AvgIpc) is 2.28. The number of carbonyl (C=O) groups is 2. The Balaban J connectivity index is 2.75. The predicted octanol–water partition coefficient (Wildman–Crippen LogP) is 1.46. The lowest BCUT2D eigenvalue weighted by Crippen LogP contribution is -2.32. The second-order valence-electron chi connectivity index (χ2n) is 3.68. The van der Waals surface area contributed by atoms with Gasteiger partial charge in [-0.2, -0.15) is 0 Å². The van der Waals surface area contributed by atoms with Gasteiger partial charge in [-0.15, -0.1) is 0 Å². The number of carboxylic acid groups (broad SMARTS) is 1. The minimum absolute atomic E-state index is 0.0967. The molecule has 0 unspecified atom stereocenters. The second kappa shape index (κ2) is 6.61. The average molecular weight is 252 g/mol. The number of methoxy groups -OCH3 is 1. The van der Waals surface area contributed by atoms with Crippen LogP contribution in [-0.4, -0.2) is 37.4 Å². The van der Waals surface area contributed by atoms with Crippen LogP contribution in [0.25, 0.3) is 0 Å². The third kappa shape index (κ3) is 3.74. The van der Waals surface area contributed by atoms with E-state index in [2.05, 4.69) is 10.6 Å². The van der Waals surface area contributed by atoms with E-state index in [1.807, 2.05) is 0 Å². The van der Waals surface area contributed by atoms with Crippen LogP contribution in [0.5, 0.6) is 0 Å². The Morgan fingerprint density at radius 3 is 2.72 bits per heavy atom. The van der Waals surface area contributed by atoms with Crippen LogP contribution in [0.1, 0.15) is 15.9 Å². The van der Waals surface area contributed by atoms with E-state index in [9.17, 15) is 9.59 Å². The number of amides is 2. The number of hydrogen-bond donors (Lipinski definition) is 3. The summed E-state index contributed by atoms with van der Waals surface area (Å²) >= 11 is 0. The number of ether oxygens (including phenoxy) is 1. The number of urea groups is 1. The second-order valence-corrected chi connectivity index (χ2v) is 3.68. The van der Waals surface area contributed by atoms with Crippen molar-refractivity contribution in [2.75, 3.05) is 25.6 Å². The first-order valence-electron chi connectivity index (χ1n) is 5.43. The van der Waals surface area contributed by atoms with Crippen LogP contribution in [0, 0.1) is 6.92 Å². The van der Waals surface area contributed by atoms with Gasteiger partial charge in [0.1, 0.15) is 0 Å². The number of carboxylic acids is 1. The molecule has 6 heteroatoms. The van der Waals surface area contributed by atoms with E-state index in [1.165, 1.54) is 7.11 Å². The molecule has 0 heterocycles. The molecule has 1 aromatic carbocycles. The van der Waals surface area contributed by atoms with Crippen molar-refractivity contribution in [2.45, 2.75) is 6.92 Å². The molecule has 0 aliphatic carbocycles. The van der Waals surface area contributed by atoms with Crippen LogP contribution in [-0.2, 0) is 4.74 Å². The van der Waals surface area contributed by atoms with Gasteiger partial charge in [0.2, 0.25) is 0 Å². The van der Waals surface area contributed by atoms with Crippen molar-refractivity contribution in [3.05, 3.63) is 29.3 Å². The summed E-state index contributed by atoms with van der Waals surface area (Å²) in [7, 11) is 1.53. The molecule has 1 aromatic rings. The number of aryl methyl sites for hydroxylation is 1. The normalized spacial score (nSPS) is 9.89. The smallest absolute Gasteiger partial charge is 0.338 e. The molecule has 0 saturated carbocycles. The molecule has 2 amide bonds. The van der Waals surface area contributed by atoms with Crippen molar-refractivity contribution in [1.29, 1.82) is 0 Å². The summed E-state index contributed by atoms with van der Waals surface area (Å²) in [5, 5.41) is 14.1. The number of aromatic carboxylic acids is 1. The standard InChI is InChI=1S/C12H16N2O4/c1-8-4-3-5-9(10(8)11(15)16)14-12(17)13-6-7-18-2/h3-5H,6-7H2,1-2H3,(H,15,16)(H2,13,14,17). The van der Waals surface area contributed by atoms with E-state index < -0.39 is 12.0 Å². The third-order valence-electron chi connectivity index (χ3n) is 2.33. The molecule has 18 heavy (non-hydrogen) atoms. The Morgan fingerprint density at radius 2 is 2.11 bits per heavy atom. The molecule has 0 fully saturated rings. The van der Waals surface area contributed by atoms with Gasteiger partial charge in [0.25, 0.3) is 0 Å². The van der Waals surface area contributed by atoms with E-state index in [-0.39, 0.29) is 11.3 Å². The lowest BCUT2D eigenvalue weighted by molar-refractivity contribution is 0.0697. The zero-order valence-corrected chi connectivity index (χ0v) is 10.3. The van der Waals surface area contributed by atoms with Gasteiger partial charge in [0.05, 0.1) is 17.9 Å². The van der Waals surface area contributed by atoms with Gasteiger partial charge in [0, 0.05) is 13.7 Å². The molecule has 0 bridgehead atoms. The topological polar surface area (TPSA) is 87.7 Å². The lowest BCUT2D eigenvalue weighted by Gasteiger charge is -2.11. The molecule has 0 radical (unpaired) electrons. The molecule has 98 valence electrons. The van der Waals surface area contributed by atoms with Gasteiger partial charge >= 0.3 is 12.0 Å². The third-order valence-corrected chi connectivity index (χ3v) is 2.33. The maximum Gasteiger partial charge on any atom is 0.338 e. The highest BCUT2D eigenvalue weighted by molar-refractivity contribution is 6.01. The molecule has 6 nitrogen and oxygen atoms in total. The Kier molecular flexibility index (Phi) is 5.13. The van der Waals surface area contributed by atoms with Crippen molar-refractivity contribution >= 4 is 17.7 Å². The summed E-state index contributed by atoms with van der Waals surface area (Å²) in [5.74, 6) is -1.07. The summed E-state index contributed by atoms with van der Waals surface area (Å²) in [6, 6.07) is 4.45. The van der Waals surface area contributed by atoms with Gasteiger partial charge in [-0.25, -0.2) is 9.59 Å². The van der Waals surface area contributed by atoms with Gasteiger partial charge in [-0.05, 0) is 18.6 Å². The number of nitrogens with one attached hydrogen (secondary N) is 2. The molecule has 0 spiro atoms. The molecule has 0 aliphatic heterocycles. The molecule has 0 aromatic heterocycles. The molecule has 0 aliphatic rings. The van der Waals surface area contributed by atoms with Gasteiger partial charge < -0.3 is 20.5 Å². The van der Waals surface area contributed by atoms with Crippen molar-refractivity contribution in [1.82, 2.24) is 5.32 Å². The van der Waals surface area contributed by atoms with Crippen molar-refractivity contribution in [3.8, 4) is 0 Å².